The SMILES string of the molecule is CC(CCN(C)C)Oc1cccc(CCN)c1. The Kier molecular flexibility index (Phi) is 6.01. The molecule has 0 saturated carbocycles. The van der Waals surface area contributed by atoms with E-state index in [1.807, 2.05) is 12.1 Å². The summed E-state index contributed by atoms with van der Waals surface area (Å²) in [5, 5.41) is 0. The maximum Gasteiger partial charge on any atom is 0.119 e. The number of benzene rings is 1. The van der Waals surface area contributed by atoms with E-state index in [-0.39, 0.29) is 6.10 Å². The van der Waals surface area contributed by atoms with Gasteiger partial charge in [-0.05, 0) is 58.1 Å². The molecule has 96 valence electrons. The van der Waals surface area contributed by atoms with Gasteiger partial charge in [-0.1, -0.05) is 12.1 Å². The van der Waals surface area contributed by atoms with E-state index in [1.165, 1.54) is 5.56 Å². The fraction of sp³-hybridized carbons (Fsp3) is 0.571. The molecule has 1 atom stereocenters. The third-order valence-corrected chi connectivity index (χ3v) is 2.65. The lowest BCUT2D eigenvalue weighted by atomic mass is 10.1. The van der Waals surface area contributed by atoms with Crippen LogP contribution in [0.1, 0.15) is 18.9 Å². The maximum atomic E-state index is 5.88. The van der Waals surface area contributed by atoms with Gasteiger partial charge in [-0.3, -0.25) is 0 Å². The number of ether oxygens (including phenoxy) is 1. The Morgan fingerprint density at radius 2 is 2.12 bits per heavy atom. The highest BCUT2D eigenvalue weighted by Gasteiger charge is 2.05. The second-order valence-corrected chi connectivity index (χ2v) is 4.71. The Labute approximate surface area is 105 Å². The Hall–Kier alpha value is -1.06. The van der Waals surface area contributed by atoms with E-state index < -0.39 is 0 Å². The van der Waals surface area contributed by atoms with Crippen LogP contribution in [-0.4, -0.2) is 38.2 Å². The topological polar surface area (TPSA) is 38.5 Å². The molecule has 1 aromatic rings. The van der Waals surface area contributed by atoms with E-state index >= 15 is 0 Å². The molecule has 0 aliphatic rings. The molecule has 0 saturated heterocycles. The quantitative estimate of drug-likeness (QED) is 0.786. The van der Waals surface area contributed by atoms with Crippen molar-refractivity contribution in [3.63, 3.8) is 0 Å². The van der Waals surface area contributed by atoms with E-state index in [9.17, 15) is 0 Å². The molecule has 0 aromatic heterocycles. The van der Waals surface area contributed by atoms with Crippen LogP contribution in [0.15, 0.2) is 24.3 Å². The molecule has 3 heteroatoms. The van der Waals surface area contributed by atoms with E-state index in [0.29, 0.717) is 6.54 Å². The summed E-state index contributed by atoms with van der Waals surface area (Å²) in [6.45, 7) is 3.84. The van der Waals surface area contributed by atoms with Gasteiger partial charge in [0.05, 0.1) is 6.10 Å². The lowest BCUT2D eigenvalue weighted by molar-refractivity contribution is 0.194. The molecule has 3 nitrogen and oxygen atoms in total. The smallest absolute Gasteiger partial charge is 0.119 e. The zero-order chi connectivity index (χ0) is 12.7. The number of hydrogen-bond acceptors (Lipinski definition) is 3. The van der Waals surface area contributed by atoms with Gasteiger partial charge in [-0.25, -0.2) is 0 Å². The Bertz CT molecular complexity index is 326. The van der Waals surface area contributed by atoms with Gasteiger partial charge in [0.2, 0.25) is 0 Å². The third kappa shape index (κ3) is 5.71. The van der Waals surface area contributed by atoms with Gasteiger partial charge in [0.15, 0.2) is 0 Å². The number of nitrogens with two attached hydrogens (primary N) is 1. The predicted molar refractivity (Wildman–Crippen MR) is 72.5 cm³/mol. The Balaban J connectivity index is 2.46. The van der Waals surface area contributed by atoms with Crippen molar-refractivity contribution in [2.75, 3.05) is 27.2 Å². The number of hydrogen-bond donors (Lipinski definition) is 1. The van der Waals surface area contributed by atoms with E-state index in [1.54, 1.807) is 0 Å². The standard InChI is InChI=1S/C14H24N2O/c1-12(8-10-16(2)3)17-14-6-4-5-13(11-14)7-9-15/h4-6,11-12H,7-10,15H2,1-3H3. The predicted octanol–water partition coefficient (Wildman–Crippen LogP) is 1.91. The van der Waals surface area contributed by atoms with Crippen LogP contribution in [0.3, 0.4) is 0 Å². The summed E-state index contributed by atoms with van der Waals surface area (Å²) < 4.78 is 5.88. The highest BCUT2D eigenvalue weighted by Crippen LogP contribution is 2.16. The second-order valence-electron chi connectivity index (χ2n) is 4.71. The Morgan fingerprint density at radius 3 is 2.76 bits per heavy atom. The molecule has 1 rings (SSSR count). The van der Waals surface area contributed by atoms with Crippen LogP contribution in [0.5, 0.6) is 5.75 Å². The number of rotatable bonds is 7. The average molecular weight is 236 g/mol. The van der Waals surface area contributed by atoms with Crippen molar-refractivity contribution >= 4 is 0 Å². The van der Waals surface area contributed by atoms with Crippen molar-refractivity contribution in [3.05, 3.63) is 29.8 Å². The highest BCUT2D eigenvalue weighted by molar-refractivity contribution is 5.28. The van der Waals surface area contributed by atoms with Crippen LogP contribution in [0.25, 0.3) is 0 Å². The second kappa shape index (κ2) is 7.30. The normalized spacial score (nSPS) is 12.8. The molecule has 17 heavy (non-hydrogen) atoms. The summed E-state index contributed by atoms with van der Waals surface area (Å²) in [5.41, 5.74) is 6.79. The summed E-state index contributed by atoms with van der Waals surface area (Å²) in [4.78, 5) is 2.17. The largest absolute Gasteiger partial charge is 0.491 e. The minimum Gasteiger partial charge on any atom is -0.491 e. The molecule has 1 aromatic carbocycles. The van der Waals surface area contributed by atoms with Crippen LogP contribution in [0.4, 0.5) is 0 Å². The first-order valence-corrected chi connectivity index (χ1v) is 6.22. The van der Waals surface area contributed by atoms with Crippen LogP contribution < -0.4 is 10.5 Å². The molecular weight excluding hydrogens is 212 g/mol. The van der Waals surface area contributed by atoms with Crippen molar-refractivity contribution in [3.8, 4) is 5.75 Å². The highest BCUT2D eigenvalue weighted by atomic mass is 16.5. The zero-order valence-corrected chi connectivity index (χ0v) is 11.1. The summed E-state index contributed by atoms with van der Waals surface area (Å²) >= 11 is 0. The molecule has 0 bridgehead atoms. The fourth-order valence-electron chi connectivity index (χ4n) is 1.67. The van der Waals surface area contributed by atoms with Gasteiger partial charge in [0.1, 0.15) is 5.75 Å². The monoisotopic (exact) mass is 236 g/mol. The summed E-state index contributed by atoms with van der Waals surface area (Å²) in [6, 6.07) is 8.20. The van der Waals surface area contributed by atoms with Crippen molar-refractivity contribution < 1.29 is 4.74 Å². The molecule has 0 fully saturated rings. The first-order chi connectivity index (χ1) is 8.11. The minimum atomic E-state index is 0.241. The lowest BCUT2D eigenvalue weighted by Crippen LogP contribution is -2.21. The van der Waals surface area contributed by atoms with Crippen LogP contribution >= 0.6 is 0 Å². The van der Waals surface area contributed by atoms with Crippen molar-refractivity contribution in [1.29, 1.82) is 0 Å². The molecule has 0 radical (unpaired) electrons. The van der Waals surface area contributed by atoms with E-state index in [0.717, 1.165) is 25.1 Å². The number of nitrogens with zero attached hydrogens (tertiary/aromatic N) is 1. The molecule has 0 amide bonds. The van der Waals surface area contributed by atoms with E-state index in [2.05, 4.69) is 38.1 Å². The van der Waals surface area contributed by atoms with Crippen LogP contribution in [0.2, 0.25) is 0 Å². The molecule has 0 aliphatic heterocycles. The van der Waals surface area contributed by atoms with Gasteiger partial charge in [0.25, 0.3) is 0 Å². The Morgan fingerprint density at radius 1 is 1.35 bits per heavy atom. The van der Waals surface area contributed by atoms with Gasteiger partial charge >= 0.3 is 0 Å². The van der Waals surface area contributed by atoms with Gasteiger partial charge in [-0.2, -0.15) is 0 Å². The van der Waals surface area contributed by atoms with Gasteiger partial charge in [-0.15, -0.1) is 0 Å². The molecule has 1 unspecified atom stereocenters. The minimum absolute atomic E-state index is 0.241. The maximum absolute atomic E-state index is 5.88. The lowest BCUT2D eigenvalue weighted by Gasteiger charge is -2.17. The van der Waals surface area contributed by atoms with Gasteiger partial charge in [0, 0.05) is 6.54 Å². The summed E-state index contributed by atoms with van der Waals surface area (Å²) in [7, 11) is 4.16. The fourth-order valence-corrected chi connectivity index (χ4v) is 1.67. The van der Waals surface area contributed by atoms with Crippen molar-refractivity contribution in [1.82, 2.24) is 4.90 Å². The van der Waals surface area contributed by atoms with E-state index in [4.69, 9.17) is 10.5 Å². The zero-order valence-electron chi connectivity index (χ0n) is 11.1. The molecule has 0 spiro atoms. The molecular formula is C14H24N2O. The average Bonchev–Trinajstić information content (AvgIpc) is 2.27. The first-order valence-electron chi connectivity index (χ1n) is 6.22. The molecule has 2 N–H and O–H groups in total. The van der Waals surface area contributed by atoms with Crippen LogP contribution in [-0.2, 0) is 6.42 Å². The van der Waals surface area contributed by atoms with Crippen molar-refractivity contribution in [2.45, 2.75) is 25.9 Å². The molecule has 0 aliphatic carbocycles. The summed E-state index contributed by atoms with van der Waals surface area (Å²) in [5.74, 6) is 0.946. The van der Waals surface area contributed by atoms with Crippen molar-refractivity contribution in [2.24, 2.45) is 5.73 Å². The third-order valence-electron chi connectivity index (χ3n) is 2.65. The first kappa shape index (κ1) is 14.0. The van der Waals surface area contributed by atoms with Gasteiger partial charge < -0.3 is 15.4 Å². The van der Waals surface area contributed by atoms with Crippen LogP contribution in [0, 0.1) is 0 Å². The summed E-state index contributed by atoms with van der Waals surface area (Å²) in [6.07, 6.45) is 2.18. The molecule has 0 heterocycles.